The summed E-state index contributed by atoms with van der Waals surface area (Å²) >= 11 is 4.60. The molecule has 0 N–H and O–H groups in total. The average molecular weight is 360 g/mol. The van der Waals surface area contributed by atoms with Crippen LogP contribution >= 0.6 is 45.2 Å². The Hall–Kier alpha value is 0.350. The fourth-order valence-corrected chi connectivity index (χ4v) is 2.14. The summed E-state index contributed by atoms with van der Waals surface area (Å²) < 4.78 is 2.60. The lowest BCUT2D eigenvalue weighted by Gasteiger charge is -1.87. The first-order valence-electron chi connectivity index (χ1n) is 2.49. The smallest absolute Gasteiger partial charge is 0.106 e. The third-order valence-corrected chi connectivity index (χ3v) is 2.13. The van der Waals surface area contributed by atoms with Crippen LogP contribution in [-0.4, -0.2) is 6.79 Å². The molecule has 0 radical (unpaired) electrons. The minimum Gasteiger partial charge on any atom is -0.307 e. The Kier molecular flexibility index (Phi) is 6.30. The fourth-order valence-electron chi connectivity index (χ4n) is 0.460. The predicted octanol–water partition coefficient (Wildman–Crippen LogP) is 2.71. The van der Waals surface area contributed by atoms with E-state index in [1.54, 1.807) is 0 Å². The second kappa shape index (κ2) is 6.09. The molecule has 0 fully saturated rings. The van der Waals surface area contributed by atoms with E-state index < -0.39 is 0 Å². The van der Waals surface area contributed by atoms with Crippen molar-refractivity contribution in [3.8, 4) is 0 Å². The van der Waals surface area contributed by atoms with E-state index >= 15 is 0 Å². The van der Waals surface area contributed by atoms with Gasteiger partial charge in [0, 0.05) is 7.14 Å². The summed E-state index contributed by atoms with van der Waals surface area (Å²) in [6.45, 7) is 2.00. The second-order valence-corrected chi connectivity index (χ2v) is 3.93. The van der Waals surface area contributed by atoms with Gasteiger partial charge in [0.25, 0.3) is 0 Å². The van der Waals surface area contributed by atoms with Gasteiger partial charge in [0.15, 0.2) is 0 Å². The van der Waals surface area contributed by atoms with Gasteiger partial charge >= 0.3 is 0 Å². The number of carbonyl (C=O) groups excluding carboxylic acids is 1. The molecule has 3 heteroatoms. The van der Waals surface area contributed by atoms with E-state index in [4.69, 9.17) is 4.79 Å². The first kappa shape index (κ1) is 10.3. The first-order valence-corrected chi connectivity index (χ1v) is 4.65. The SMILES string of the molecule is C=O.Ic1cccc(I)c1. The summed E-state index contributed by atoms with van der Waals surface area (Å²) in [6, 6.07) is 8.37. The average Bonchev–Trinajstić information content (AvgIpc) is 1.91. The molecule has 0 bridgehead atoms. The molecule has 0 saturated heterocycles. The summed E-state index contributed by atoms with van der Waals surface area (Å²) in [5.41, 5.74) is 0. The van der Waals surface area contributed by atoms with Crippen molar-refractivity contribution in [2.24, 2.45) is 0 Å². The molecular weight excluding hydrogens is 354 g/mol. The molecular formula is C7H6I2O. The van der Waals surface area contributed by atoms with E-state index in [2.05, 4.69) is 69.4 Å². The normalized spacial score (nSPS) is 7.80. The molecule has 54 valence electrons. The summed E-state index contributed by atoms with van der Waals surface area (Å²) in [6.07, 6.45) is 0. The highest BCUT2D eigenvalue weighted by Gasteiger charge is 1.83. The quantitative estimate of drug-likeness (QED) is 0.651. The van der Waals surface area contributed by atoms with Crippen molar-refractivity contribution in [2.75, 3.05) is 0 Å². The van der Waals surface area contributed by atoms with Crippen LogP contribution < -0.4 is 0 Å². The maximum Gasteiger partial charge on any atom is 0.106 e. The standard InChI is InChI=1S/C6H4I2.CH2O/c7-5-2-1-3-6(8)4-5;1-2/h1-4H;1H2. The Balaban J connectivity index is 0.000000371. The summed E-state index contributed by atoms with van der Waals surface area (Å²) in [4.78, 5) is 8.00. The third kappa shape index (κ3) is 4.21. The molecule has 0 aliphatic rings. The second-order valence-electron chi connectivity index (χ2n) is 1.44. The van der Waals surface area contributed by atoms with Crippen molar-refractivity contribution in [1.29, 1.82) is 0 Å². The van der Waals surface area contributed by atoms with Gasteiger partial charge in [-0.2, -0.15) is 0 Å². The molecule has 1 aromatic carbocycles. The molecule has 0 atom stereocenters. The Bertz CT molecular complexity index is 183. The number of halogens is 2. The molecule has 0 amide bonds. The number of hydrogen-bond donors (Lipinski definition) is 0. The van der Waals surface area contributed by atoms with Crippen LogP contribution in [0.3, 0.4) is 0 Å². The van der Waals surface area contributed by atoms with Crippen LogP contribution in [0.15, 0.2) is 24.3 Å². The van der Waals surface area contributed by atoms with E-state index in [1.807, 2.05) is 6.79 Å². The topological polar surface area (TPSA) is 17.1 Å². The fraction of sp³-hybridized carbons (Fsp3) is 0. The molecule has 1 rings (SSSR count). The molecule has 10 heavy (non-hydrogen) atoms. The van der Waals surface area contributed by atoms with Crippen LogP contribution in [0.4, 0.5) is 0 Å². The zero-order valence-electron chi connectivity index (χ0n) is 5.18. The zero-order valence-corrected chi connectivity index (χ0v) is 9.50. The molecule has 0 aliphatic carbocycles. The van der Waals surface area contributed by atoms with E-state index in [0.717, 1.165) is 0 Å². The summed E-state index contributed by atoms with van der Waals surface area (Å²) in [7, 11) is 0. The number of benzene rings is 1. The van der Waals surface area contributed by atoms with Gasteiger partial charge < -0.3 is 4.79 Å². The van der Waals surface area contributed by atoms with Crippen molar-refractivity contribution in [3.63, 3.8) is 0 Å². The maximum atomic E-state index is 8.00. The van der Waals surface area contributed by atoms with Gasteiger partial charge in [-0.3, -0.25) is 0 Å². The van der Waals surface area contributed by atoms with Gasteiger partial charge in [-0.25, -0.2) is 0 Å². The minimum atomic E-state index is 1.30. The van der Waals surface area contributed by atoms with E-state index in [1.165, 1.54) is 7.14 Å². The molecule has 0 spiro atoms. The van der Waals surface area contributed by atoms with E-state index in [-0.39, 0.29) is 0 Å². The Morgan fingerprint density at radius 3 is 1.70 bits per heavy atom. The van der Waals surface area contributed by atoms with Crippen LogP contribution in [0.25, 0.3) is 0 Å². The molecule has 0 aliphatic heterocycles. The predicted molar refractivity (Wildman–Crippen MR) is 59.0 cm³/mol. The highest BCUT2D eigenvalue weighted by molar-refractivity contribution is 14.1. The van der Waals surface area contributed by atoms with Crippen LogP contribution in [-0.2, 0) is 4.79 Å². The molecule has 0 heterocycles. The van der Waals surface area contributed by atoms with Gasteiger partial charge in [0.05, 0.1) is 0 Å². The Labute approximate surface area is 87.5 Å². The zero-order chi connectivity index (χ0) is 7.98. The van der Waals surface area contributed by atoms with Crippen molar-refractivity contribution in [3.05, 3.63) is 31.4 Å². The lowest BCUT2D eigenvalue weighted by molar-refractivity contribution is -0.0979. The van der Waals surface area contributed by atoms with Crippen LogP contribution in [0.2, 0.25) is 0 Å². The van der Waals surface area contributed by atoms with Crippen molar-refractivity contribution in [2.45, 2.75) is 0 Å². The van der Waals surface area contributed by atoms with Crippen LogP contribution in [0.1, 0.15) is 0 Å². The number of hydrogen-bond acceptors (Lipinski definition) is 1. The van der Waals surface area contributed by atoms with Crippen molar-refractivity contribution >= 4 is 52.0 Å². The van der Waals surface area contributed by atoms with E-state index in [9.17, 15) is 0 Å². The molecule has 0 unspecified atom stereocenters. The summed E-state index contributed by atoms with van der Waals surface area (Å²) in [5, 5.41) is 0. The lowest BCUT2D eigenvalue weighted by Crippen LogP contribution is -1.69. The van der Waals surface area contributed by atoms with Gasteiger partial charge in [-0.05, 0) is 63.4 Å². The van der Waals surface area contributed by atoms with Gasteiger partial charge in [0.2, 0.25) is 0 Å². The molecule has 0 saturated carbocycles. The van der Waals surface area contributed by atoms with Crippen molar-refractivity contribution < 1.29 is 4.79 Å². The van der Waals surface area contributed by atoms with Gasteiger partial charge in [0.1, 0.15) is 6.79 Å². The highest BCUT2D eigenvalue weighted by atomic mass is 127. The van der Waals surface area contributed by atoms with Gasteiger partial charge in [-0.15, -0.1) is 0 Å². The van der Waals surface area contributed by atoms with Gasteiger partial charge in [-0.1, -0.05) is 6.07 Å². The monoisotopic (exact) mass is 360 g/mol. The first-order chi connectivity index (χ1) is 4.79. The lowest BCUT2D eigenvalue weighted by atomic mass is 10.4. The van der Waals surface area contributed by atoms with Crippen molar-refractivity contribution in [1.82, 2.24) is 0 Å². The maximum absolute atomic E-state index is 8.00. The molecule has 0 aromatic heterocycles. The van der Waals surface area contributed by atoms with E-state index in [0.29, 0.717) is 0 Å². The van der Waals surface area contributed by atoms with Crippen LogP contribution in [0.5, 0.6) is 0 Å². The largest absolute Gasteiger partial charge is 0.307 e. The number of rotatable bonds is 0. The molecule has 1 nitrogen and oxygen atoms in total. The highest BCUT2D eigenvalue weighted by Crippen LogP contribution is 2.08. The van der Waals surface area contributed by atoms with Crippen LogP contribution in [0, 0.1) is 7.14 Å². The Morgan fingerprint density at radius 1 is 1.10 bits per heavy atom. The minimum absolute atomic E-state index is 1.30. The summed E-state index contributed by atoms with van der Waals surface area (Å²) in [5.74, 6) is 0. The number of carbonyl (C=O) groups is 1. The molecule has 1 aromatic rings. The Morgan fingerprint density at radius 2 is 1.50 bits per heavy atom. The third-order valence-electron chi connectivity index (χ3n) is 0.787.